The van der Waals surface area contributed by atoms with Gasteiger partial charge in [0.05, 0.1) is 9.82 Å². The molecule has 2 aliphatic rings. The number of nitro groups is 1. The molecule has 9 heteroatoms. The fourth-order valence-corrected chi connectivity index (χ4v) is 3.26. The number of nitrogens with one attached hydrogen (secondary N) is 1. The zero-order valence-electron chi connectivity index (χ0n) is 11.5. The lowest BCUT2D eigenvalue weighted by atomic mass is 9.74. The minimum Gasteiger partial charge on any atom is -0.272 e. The number of nitrogens with zero attached hydrogens (tertiary/aromatic N) is 2. The Labute approximate surface area is 126 Å². The first kappa shape index (κ1) is 14.7. The summed E-state index contributed by atoms with van der Waals surface area (Å²) in [5, 5.41) is 20.3. The molecular formula is C13H14N4O4S. The van der Waals surface area contributed by atoms with E-state index in [1.807, 2.05) is 0 Å². The van der Waals surface area contributed by atoms with Gasteiger partial charge in [-0.3, -0.25) is 15.5 Å². The number of anilines is 1. The van der Waals surface area contributed by atoms with Crippen LogP contribution in [0.1, 0.15) is 12.8 Å². The predicted molar refractivity (Wildman–Crippen MR) is 80.9 cm³/mol. The lowest BCUT2D eigenvalue weighted by Crippen LogP contribution is -2.33. The second-order valence-corrected chi connectivity index (χ2v) is 6.91. The highest BCUT2D eigenvalue weighted by Crippen LogP contribution is 2.40. The summed E-state index contributed by atoms with van der Waals surface area (Å²) in [5.41, 5.74) is 3.37. The van der Waals surface area contributed by atoms with Gasteiger partial charge in [0, 0.05) is 17.7 Å². The first-order valence-corrected chi connectivity index (χ1v) is 8.21. The molecule has 3 N–H and O–H groups in total. The van der Waals surface area contributed by atoms with Crippen molar-refractivity contribution in [1.29, 1.82) is 0 Å². The Morgan fingerprint density at radius 2 is 2.18 bits per heavy atom. The number of rotatable bonds is 4. The van der Waals surface area contributed by atoms with Gasteiger partial charge < -0.3 is 0 Å². The lowest BCUT2D eigenvalue weighted by Gasteiger charge is -2.31. The fourth-order valence-electron chi connectivity index (χ4n) is 2.73. The number of hydrogen-bond donors (Lipinski definition) is 2. The van der Waals surface area contributed by atoms with Crippen LogP contribution in [0.25, 0.3) is 0 Å². The molecule has 0 aromatic heterocycles. The molecule has 0 heterocycles. The third-order valence-electron chi connectivity index (χ3n) is 3.96. The van der Waals surface area contributed by atoms with Gasteiger partial charge in [-0.25, -0.2) is 13.6 Å². The summed E-state index contributed by atoms with van der Waals surface area (Å²) in [6.45, 7) is 0. The largest absolute Gasteiger partial charge is 0.295 e. The molecule has 1 aromatic carbocycles. The summed E-state index contributed by atoms with van der Waals surface area (Å²) in [6.07, 6.45) is 6.12. The molecule has 2 atom stereocenters. The molecule has 8 nitrogen and oxygen atoms in total. The van der Waals surface area contributed by atoms with Crippen molar-refractivity contribution in [3.05, 3.63) is 40.5 Å². The van der Waals surface area contributed by atoms with Crippen molar-refractivity contribution in [2.45, 2.75) is 17.7 Å². The first-order valence-electron chi connectivity index (χ1n) is 6.66. The maximum absolute atomic E-state index is 11.3. The summed E-state index contributed by atoms with van der Waals surface area (Å²) in [4.78, 5) is 10.1. The molecule has 0 amide bonds. The molecule has 0 aliphatic heterocycles. The zero-order valence-corrected chi connectivity index (χ0v) is 12.3. The summed E-state index contributed by atoms with van der Waals surface area (Å²) in [5.74, 6) is 0.913. The van der Waals surface area contributed by atoms with Crippen molar-refractivity contribution < 1.29 is 13.3 Å². The quantitative estimate of drug-likeness (QED) is 0.494. The van der Waals surface area contributed by atoms with Crippen LogP contribution in [-0.4, -0.2) is 19.1 Å². The average molecular weight is 322 g/mol. The molecule has 0 spiro atoms. The van der Waals surface area contributed by atoms with E-state index in [1.165, 1.54) is 12.1 Å². The van der Waals surface area contributed by atoms with Crippen LogP contribution >= 0.6 is 0 Å². The van der Waals surface area contributed by atoms with Crippen molar-refractivity contribution >= 4 is 27.1 Å². The lowest BCUT2D eigenvalue weighted by molar-refractivity contribution is -0.384. The second kappa shape index (κ2) is 5.18. The first-order chi connectivity index (χ1) is 10.4. The van der Waals surface area contributed by atoms with Gasteiger partial charge in [0.15, 0.2) is 0 Å². The van der Waals surface area contributed by atoms with Gasteiger partial charge in [-0.1, -0.05) is 12.2 Å². The molecule has 0 bridgehead atoms. The Morgan fingerprint density at radius 1 is 1.41 bits per heavy atom. The Bertz CT molecular complexity index is 800. The third-order valence-corrected chi connectivity index (χ3v) is 4.87. The van der Waals surface area contributed by atoms with Crippen LogP contribution in [0.5, 0.6) is 0 Å². The summed E-state index contributed by atoms with van der Waals surface area (Å²) >= 11 is 0. The Kier molecular flexibility index (Phi) is 3.45. The number of primary sulfonamides is 1. The maximum atomic E-state index is 11.3. The van der Waals surface area contributed by atoms with E-state index in [-0.39, 0.29) is 16.3 Å². The molecule has 0 radical (unpaired) electrons. The van der Waals surface area contributed by atoms with Crippen molar-refractivity contribution in [2.24, 2.45) is 22.1 Å². The summed E-state index contributed by atoms with van der Waals surface area (Å²) in [7, 11) is -3.99. The monoisotopic (exact) mass is 322 g/mol. The van der Waals surface area contributed by atoms with Crippen LogP contribution in [0.4, 0.5) is 11.4 Å². The summed E-state index contributed by atoms with van der Waals surface area (Å²) in [6, 6.07) is 3.43. The molecule has 1 fully saturated rings. The molecule has 3 rings (SSSR count). The number of hydrazone groups is 1. The maximum Gasteiger partial charge on any atom is 0.295 e. The topological polar surface area (TPSA) is 128 Å². The molecule has 0 saturated heterocycles. The number of sulfonamides is 1. The van der Waals surface area contributed by atoms with Crippen LogP contribution in [0, 0.1) is 22.0 Å². The van der Waals surface area contributed by atoms with Gasteiger partial charge in [-0.2, -0.15) is 5.10 Å². The van der Waals surface area contributed by atoms with E-state index in [2.05, 4.69) is 22.7 Å². The third kappa shape index (κ3) is 2.60. The molecule has 22 heavy (non-hydrogen) atoms. The standard InChI is InChI=1S/C13H14N4O4S/c14-22(20,21)9-4-5-11(13(7-9)17(18)19)15-16-12-6-8-2-1-3-10(8)12/h1,3-5,7-8,10,15H,2,6H2,(H2,14,20,21)/b16-12-/t8-,10+/m0/s1. The molecule has 1 aromatic rings. The Hall–Kier alpha value is -2.26. The summed E-state index contributed by atoms with van der Waals surface area (Å²) < 4.78 is 22.5. The highest BCUT2D eigenvalue weighted by atomic mass is 32.2. The minimum atomic E-state index is -3.99. The van der Waals surface area contributed by atoms with Crippen molar-refractivity contribution in [3.63, 3.8) is 0 Å². The van der Waals surface area contributed by atoms with E-state index < -0.39 is 14.9 Å². The second-order valence-electron chi connectivity index (χ2n) is 5.35. The van der Waals surface area contributed by atoms with Gasteiger partial charge in [0.1, 0.15) is 5.69 Å². The van der Waals surface area contributed by atoms with Gasteiger partial charge in [-0.05, 0) is 30.9 Å². The Morgan fingerprint density at radius 3 is 2.82 bits per heavy atom. The smallest absolute Gasteiger partial charge is 0.272 e. The average Bonchev–Trinajstić information content (AvgIpc) is 2.79. The number of allylic oxidation sites excluding steroid dienone is 2. The molecular weight excluding hydrogens is 308 g/mol. The van der Waals surface area contributed by atoms with Crippen molar-refractivity contribution in [2.75, 3.05) is 5.43 Å². The Balaban J connectivity index is 1.86. The number of nitro benzene ring substituents is 1. The number of hydrogen-bond acceptors (Lipinski definition) is 6. The van der Waals surface area contributed by atoms with Gasteiger partial charge in [-0.15, -0.1) is 0 Å². The number of fused-ring (bicyclic) bond motifs is 1. The SMILES string of the molecule is NS(=O)(=O)c1ccc(N/N=C2/C[C@@H]3CC=C[C@@H]23)c([N+](=O)[O-])c1. The molecule has 0 unspecified atom stereocenters. The normalized spacial score (nSPS) is 24.9. The molecule has 2 aliphatic carbocycles. The van der Waals surface area contributed by atoms with Gasteiger partial charge >= 0.3 is 0 Å². The van der Waals surface area contributed by atoms with E-state index in [0.29, 0.717) is 11.8 Å². The van der Waals surface area contributed by atoms with E-state index in [1.54, 1.807) is 0 Å². The van der Waals surface area contributed by atoms with Crippen molar-refractivity contribution in [1.82, 2.24) is 0 Å². The van der Waals surface area contributed by atoms with Crippen LogP contribution in [0.3, 0.4) is 0 Å². The van der Waals surface area contributed by atoms with E-state index in [4.69, 9.17) is 5.14 Å². The van der Waals surface area contributed by atoms with Crippen LogP contribution in [0.2, 0.25) is 0 Å². The zero-order chi connectivity index (χ0) is 15.9. The van der Waals surface area contributed by atoms with E-state index in [0.717, 1.165) is 24.6 Å². The van der Waals surface area contributed by atoms with Crippen LogP contribution in [0.15, 0.2) is 40.3 Å². The van der Waals surface area contributed by atoms with Crippen LogP contribution in [-0.2, 0) is 10.0 Å². The predicted octanol–water partition coefficient (Wildman–Crippen LogP) is 1.61. The molecule has 116 valence electrons. The molecule has 1 saturated carbocycles. The highest BCUT2D eigenvalue weighted by Gasteiger charge is 2.37. The van der Waals surface area contributed by atoms with Crippen molar-refractivity contribution in [3.8, 4) is 0 Å². The van der Waals surface area contributed by atoms with E-state index in [9.17, 15) is 18.5 Å². The van der Waals surface area contributed by atoms with Gasteiger partial charge in [0.2, 0.25) is 10.0 Å². The fraction of sp³-hybridized carbons (Fsp3) is 0.308. The van der Waals surface area contributed by atoms with E-state index >= 15 is 0 Å². The van der Waals surface area contributed by atoms with Crippen LogP contribution < -0.4 is 10.6 Å². The minimum absolute atomic E-state index is 0.135. The van der Waals surface area contributed by atoms with Gasteiger partial charge in [0.25, 0.3) is 5.69 Å². The highest BCUT2D eigenvalue weighted by molar-refractivity contribution is 7.89. The number of benzene rings is 1. The number of nitrogens with two attached hydrogens (primary N) is 1.